The first-order valence-electron chi connectivity index (χ1n) is 9.84. The first-order valence-corrected chi connectivity index (χ1v) is 12.0. The van der Waals surface area contributed by atoms with Crippen molar-refractivity contribution in [1.82, 2.24) is 5.32 Å². The zero-order valence-electron chi connectivity index (χ0n) is 17.1. The van der Waals surface area contributed by atoms with Crippen LogP contribution >= 0.6 is 27.7 Å². The van der Waals surface area contributed by atoms with Gasteiger partial charge < -0.3 is 16.0 Å². The van der Waals surface area contributed by atoms with E-state index in [1.165, 1.54) is 0 Å². The number of halogens is 1. The Morgan fingerprint density at radius 1 is 0.871 bits per heavy atom. The predicted octanol–water partition coefficient (Wildman–Crippen LogP) is 5.68. The van der Waals surface area contributed by atoms with E-state index in [4.69, 9.17) is 0 Å². The first-order chi connectivity index (χ1) is 15.1. The van der Waals surface area contributed by atoms with Crippen molar-refractivity contribution in [2.24, 2.45) is 0 Å². The highest BCUT2D eigenvalue weighted by atomic mass is 79.9. The van der Waals surface area contributed by atoms with E-state index in [0.29, 0.717) is 22.1 Å². The molecule has 0 aliphatic carbocycles. The third-order valence-electron chi connectivity index (χ3n) is 4.57. The van der Waals surface area contributed by atoms with Crippen LogP contribution in [0.1, 0.15) is 16.8 Å². The Labute approximate surface area is 195 Å². The highest BCUT2D eigenvalue weighted by molar-refractivity contribution is 9.10. The van der Waals surface area contributed by atoms with E-state index < -0.39 is 6.04 Å². The number of carbonyl (C=O) groups excluding carboxylic acids is 2. The monoisotopic (exact) mass is 497 g/mol. The zero-order valence-corrected chi connectivity index (χ0v) is 19.5. The highest BCUT2D eigenvalue weighted by Crippen LogP contribution is 2.20. The Bertz CT molecular complexity index is 1010. The topological polar surface area (TPSA) is 70.2 Å². The number of hydrogen-bond donors (Lipinski definition) is 3. The summed E-state index contributed by atoms with van der Waals surface area (Å²) in [5, 5.41) is 9.09. The number of hydrogen-bond acceptors (Lipinski definition) is 4. The SMILES string of the molecule is CSCCC(NC(=O)c1ccccc1Br)C(=O)Nc1ccc(Nc2ccccc2)cc1. The summed E-state index contributed by atoms with van der Waals surface area (Å²) < 4.78 is 0.693. The van der Waals surface area contributed by atoms with Gasteiger partial charge in [0.2, 0.25) is 5.91 Å². The maximum absolute atomic E-state index is 12.9. The molecule has 0 aliphatic heterocycles. The molecule has 2 amide bonds. The molecular formula is C24H24BrN3O2S. The maximum Gasteiger partial charge on any atom is 0.253 e. The fraction of sp³-hybridized carbons (Fsp3) is 0.167. The molecule has 0 aromatic heterocycles. The minimum Gasteiger partial charge on any atom is -0.356 e. The van der Waals surface area contributed by atoms with Crippen molar-refractivity contribution < 1.29 is 9.59 Å². The van der Waals surface area contributed by atoms with Gasteiger partial charge in [0.1, 0.15) is 6.04 Å². The van der Waals surface area contributed by atoms with Gasteiger partial charge >= 0.3 is 0 Å². The Hall–Kier alpha value is -2.77. The number of amides is 2. The molecule has 0 aliphatic rings. The third-order valence-corrected chi connectivity index (χ3v) is 5.90. The van der Waals surface area contributed by atoms with Gasteiger partial charge in [-0.2, -0.15) is 11.8 Å². The van der Waals surface area contributed by atoms with Gasteiger partial charge in [0.25, 0.3) is 5.91 Å². The van der Waals surface area contributed by atoms with Crippen LogP contribution in [-0.4, -0.2) is 29.9 Å². The van der Waals surface area contributed by atoms with Crippen LogP contribution in [0.5, 0.6) is 0 Å². The molecule has 0 saturated heterocycles. The van der Waals surface area contributed by atoms with Crippen LogP contribution in [0.4, 0.5) is 17.1 Å². The van der Waals surface area contributed by atoms with Crippen LogP contribution in [0.3, 0.4) is 0 Å². The molecule has 0 saturated carbocycles. The Balaban J connectivity index is 1.64. The molecule has 5 nitrogen and oxygen atoms in total. The molecule has 0 spiro atoms. The van der Waals surface area contributed by atoms with Crippen molar-refractivity contribution in [1.29, 1.82) is 0 Å². The zero-order chi connectivity index (χ0) is 22.1. The van der Waals surface area contributed by atoms with Crippen molar-refractivity contribution in [3.8, 4) is 0 Å². The summed E-state index contributed by atoms with van der Waals surface area (Å²) in [5.74, 6) is 0.239. The summed E-state index contributed by atoms with van der Waals surface area (Å²) in [6.45, 7) is 0. The second-order valence-electron chi connectivity index (χ2n) is 6.84. The summed E-state index contributed by atoms with van der Waals surface area (Å²) >= 11 is 5.02. The second kappa shape index (κ2) is 11.6. The van der Waals surface area contributed by atoms with E-state index in [-0.39, 0.29) is 11.8 Å². The number of rotatable bonds is 9. The lowest BCUT2D eigenvalue weighted by Gasteiger charge is -2.19. The molecule has 3 rings (SSSR count). The van der Waals surface area contributed by atoms with Gasteiger partial charge in [0.05, 0.1) is 5.56 Å². The van der Waals surface area contributed by atoms with Crippen molar-refractivity contribution in [2.45, 2.75) is 12.5 Å². The Morgan fingerprint density at radius 3 is 2.16 bits per heavy atom. The van der Waals surface area contributed by atoms with Crippen LogP contribution in [0, 0.1) is 0 Å². The fourth-order valence-electron chi connectivity index (χ4n) is 2.94. The van der Waals surface area contributed by atoms with Gasteiger partial charge in [-0.25, -0.2) is 0 Å². The fourth-order valence-corrected chi connectivity index (χ4v) is 3.88. The van der Waals surface area contributed by atoms with Crippen LogP contribution < -0.4 is 16.0 Å². The summed E-state index contributed by atoms with van der Waals surface area (Å²) in [5.41, 5.74) is 3.09. The highest BCUT2D eigenvalue weighted by Gasteiger charge is 2.22. The van der Waals surface area contributed by atoms with Crippen LogP contribution in [0.2, 0.25) is 0 Å². The Kier molecular flexibility index (Phi) is 8.55. The molecule has 3 N–H and O–H groups in total. The van der Waals surface area contributed by atoms with Crippen molar-refractivity contribution in [3.05, 3.63) is 88.9 Å². The van der Waals surface area contributed by atoms with E-state index in [1.807, 2.05) is 66.9 Å². The summed E-state index contributed by atoms with van der Waals surface area (Å²) in [4.78, 5) is 25.6. The Morgan fingerprint density at radius 2 is 1.48 bits per heavy atom. The number of para-hydroxylation sites is 1. The lowest BCUT2D eigenvalue weighted by molar-refractivity contribution is -0.118. The van der Waals surface area contributed by atoms with E-state index in [9.17, 15) is 9.59 Å². The minimum atomic E-state index is -0.630. The standard InChI is InChI=1S/C24H24BrN3O2S/c1-31-16-15-22(28-23(29)20-9-5-6-10-21(20)25)24(30)27-19-13-11-18(12-14-19)26-17-7-3-2-4-8-17/h2-14,22,26H,15-16H2,1H3,(H,27,30)(H,28,29). The number of benzene rings is 3. The lowest BCUT2D eigenvalue weighted by Crippen LogP contribution is -2.44. The van der Waals surface area contributed by atoms with Gasteiger partial charge in [0, 0.05) is 21.5 Å². The molecule has 0 heterocycles. The van der Waals surface area contributed by atoms with Gasteiger partial charge in [-0.05, 0) is 82.9 Å². The van der Waals surface area contributed by atoms with Gasteiger partial charge in [0.15, 0.2) is 0 Å². The molecule has 3 aromatic rings. The molecule has 3 aromatic carbocycles. The van der Waals surface area contributed by atoms with E-state index in [2.05, 4.69) is 31.9 Å². The van der Waals surface area contributed by atoms with Gasteiger partial charge in [-0.3, -0.25) is 9.59 Å². The maximum atomic E-state index is 12.9. The average Bonchev–Trinajstić information content (AvgIpc) is 2.78. The van der Waals surface area contributed by atoms with Gasteiger partial charge in [-0.15, -0.1) is 0 Å². The molecule has 31 heavy (non-hydrogen) atoms. The van der Waals surface area contributed by atoms with E-state index >= 15 is 0 Å². The first kappa shape index (κ1) is 22.9. The average molecular weight is 498 g/mol. The molecule has 0 radical (unpaired) electrons. The van der Waals surface area contributed by atoms with E-state index in [0.717, 1.165) is 17.1 Å². The molecule has 0 bridgehead atoms. The smallest absolute Gasteiger partial charge is 0.253 e. The van der Waals surface area contributed by atoms with Crippen molar-refractivity contribution >= 4 is 56.6 Å². The van der Waals surface area contributed by atoms with Crippen LogP contribution in [0.15, 0.2) is 83.3 Å². The molecule has 1 atom stereocenters. The number of thioether (sulfide) groups is 1. The van der Waals surface area contributed by atoms with Crippen LogP contribution in [-0.2, 0) is 4.79 Å². The molecule has 0 fully saturated rings. The number of nitrogens with one attached hydrogen (secondary N) is 3. The number of anilines is 3. The van der Waals surface area contributed by atoms with Crippen LogP contribution in [0.25, 0.3) is 0 Å². The lowest BCUT2D eigenvalue weighted by atomic mass is 10.1. The van der Waals surface area contributed by atoms with E-state index in [1.54, 1.807) is 30.0 Å². The normalized spacial score (nSPS) is 11.4. The summed E-state index contributed by atoms with van der Waals surface area (Å²) in [6.07, 6.45) is 2.51. The quantitative estimate of drug-likeness (QED) is 0.355. The van der Waals surface area contributed by atoms with Gasteiger partial charge in [-0.1, -0.05) is 30.3 Å². The number of carbonyl (C=O) groups is 2. The minimum absolute atomic E-state index is 0.238. The molecular weight excluding hydrogens is 474 g/mol. The molecule has 1 unspecified atom stereocenters. The summed E-state index contributed by atoms with van der Waals surface area (Å²) in [6, 6.07) is 23.9. The largest absolute Gasteiger partial charge is 0.356 e. The third kappa shape index (κ3) is 6.87. The summed E-state index contributed by atoms with van der Waals surface area (Å²) in [7, 11) is 0. The second-order valence-corrected chi connectivity index (χ2v) is 8.68. The molecule has 160 valence electrons. The predicted molar refractivity (Wildman–Crippen MR) is 133 cm³/mol. The molecule has 7 heteroatoms. The van der Waals surface area contributed by atoms with Crippen molar-refractivity contribution in [3.63, 3.8) is 0 Å². The van der Waals surface area contributed by atoms with Crippen molar-refractivity contribution in [2.75, 3.05) is 22.6 Å².